The molecule has 23 heavy (non-hydrogen) atoms. The first-order valence-corrected chi connectivity index (χ1v) is 10.7. The van der Waals surface area contributed by atoms with E-state index in [1.54, 1.807) is 12.8 Å². The van der Waals surface area contributed by atoms with Crippen LogP contribution in [0.4, 0.5) is 0 Å². The fraction of sp³-hybridized carbons (Fsp3) is 0.826. The molecule has 0 nitrogen and oxygen atoms in total. The SMILES string of the molecule is C/C=C/C1CCC(/C=C/C2CCC(C3CCCCC3)CC2)CC1. The van der Waals surface area contributed by atoms with Gasteiger partial charge >= 0.3 is 0 Å². The summed E-state index contributed by atoms with van der Waals surface area (Å²) in [5.41, 5.74) is 0. The molecule has 0 aromatic heterocycles. The fourth-order valence-electron chi connectivity index (χ4n) is 5.53. The molecule has 0 atom stereocenters. The van der Waals surface area contributed by atoms with Crippen molar-refractivity contribution in [3.8, 4) is 0 Å². The van der Waals surface area contributed by atoms with Crippen LogP contribution < -0.4 is 0 Å². The summed E-state index contributed by atoms with van der Waals surface area (Å²) in [6.45, 7) is 2.16. The molecule has 3 aliphatic carbocycles. The van der Waals surface area contributed by atoms with Crippen LogP contribution in [0.1, 0.15) is 90.4 Å². The summed E-state index contributed by atoms with van der Waals surface area (Å²) in [5.74, 6) is 4.83. The van der Waals surface area contributed by atoms with Gasteiger partial charge in [-0.2, -0.15) is 0 Å². The molecule has 0 aliphatic heterocycles. The third kappa shape index (κ3) is 5.23. The third-order valence-electron chi connectivity index (χ3n) is 7.07. The van der Waals surface area contributed by atoms with E-state index in [4.69, 9.17) is 0 Å². The minimum absolute atomic E-state index is 0.871. The van der Waals surface area contributed by atoms with E-state index in [0.717, 1.165) is 29.6 Å². The van der Waals surface area contributed by atoms with Crippen LogP contribution in [-0.2, 0) is 0 Å². The first-order valence-electron chi connectivity index (χ1n) is 10.7. The lowest BCUT2D eigenvalue weighted by Gasteiger charge is -2.35. The minimum atomic E-state index is 0.871. The van der Waals surface area contributed by atoms with Gasteiger partial charge in [0.15, 0.2) is 0 Å². The molecule has 0 amide bonds. The Bertz CT molecular complexity index is 369. The fourth-order valence-corrected chi connectivity index (χ4v) is 5.53. The average Bonchev–Trinajstić information content (AvgIpc) is 2.63. The number of rotatable bonds is 4. The zero-order valence-corrected chi connectivity index (χ0v) is 15.4. The largest absolute Gasteiger partial charge is 0.0914 e. The summed E-state index contributed by atoms with van der Waals surface area (Å²) in [7, 11) is 0. The van der Waals surface area contributed by atoms with Crippen molar-refractivity contribution in [1.82, 2.24) is 0 Å². The van der Waals surface area contributed by atoms with E-state index in [0.29, 0.717) is 0 Å². The lowest BCUT2D eigenvalue weighted by atomic mass is 9.71. The van der Waals surface area contributed by atoms with Crippen molar-refractivity contribution >= 4 is 0 Å². The van der Waals surface area contributed by atoms with Crippen molar-refractivity contribution in [2.45, 2.75) is 90.4 Å². The van der Waals surface area contributed by atoms with Crippen molar-refractivity contribution in [3.63, 3.8) is 0 Å². The Hall–Kier alpha value is -0.520. The summed E-state index contributed by atoms with van der Waals surface area (Å²) in [4.78, 5) is 0. The molecule has 0 aromatic carbocycles. The summed E-state index contributed by atoms with van der Waals surface area (Å²) >= 11 is 0. The van der Waals surface area contributed by atoms with Gasteiger partial charge in [-0.15, -0.1) is 0 Å². The molecular formula is C23H38. The molecule has 0 heteroatoms. The summed E-state index contributed by atoms with van der Waals surface area (Å²) in [5, 5.41) is 0. The monoisotopic (exact) mass is 314 g/mol. The second-order valence-corrected chi connectivity index (χ2v) is 8.66. The van der Waals surface area contributed by atoms with Crippen molar-refractivity contribution < 1.29 is 0 Å². The minimum Gasteiger partial charge on any atom is -0.0914 e. The highest BCUT2D eigenvalue weighted by Crippen LogP contribution is 2.40. The lowest BCUT2D eigenvalue weighted by Crippen LogP contribution is -2.23. The maximum Gasteiger partial charge on any atom is -0.0233 e. The summed E-state index contributed by atoms with van der Waals surface area (Å²) < 4.78 is 0. The molecule has 0 spiro atoms. The summed E-state index contributed by atoms with van der Waals surface area (Å²) in [6, 6.07) is 0. The van der Waals surface area contributed by atoms with Crippen LogP contribution in [0, 0.1) is 29.6 Å². The van der Waals surface area contributed by atoms with Gasteiger partial charge in [-0.05, 0) is 87.9 Å². The van der Waals surface area contributed by atoms with Crippen LogP contribution in [0.3, 0.4) is 0 Å². The van der Waals surface area contributed by atoms with Crippen LogP contribution in [0.15, 0.2) is 24.3 Å². The number of allylic oxidation sites excluding steroid dienone is 4. The Morgan fingerprint density at radius 1 is 0.478 bits per heavy atom. The van der Waals surface area contributed by atoms with Crippen LogP contribution in [0.5, 0.6) is 0 Å². The van der Waals surface area contributed by atoms with Gasteiger partial charge in [0.05, 0.1) is 0 Å². The van der Waals surface area contributed by atoms with E-state index < -0.39 is 0 Å². The maximum absolute atomic E-state index is 2.62. The highest BCUT2D eigenvalue weighted by Gasteiger charge is 2.27. The van der Waals surface area contributed by atoms with Crippen molar-refractivity contribution in [1.29, 1.82) is 0 Å². The van der Waals surface area contributed by atoms with Crippen molar-refractivity contribution in [3.05, 3.63) is 24.3 Å². The Kier molecular flexibility index (Phi) is 6.84. The van der Waals surface area contributed by atoms with Crippen LogP contribution in [0.25, 0.3) is 0 Å². The maximum atomic E-state index is 2.62. The molecule has 0 N–H and O–H groups in total. The molecule has 3 rings (SSSR count). The quantitative estimate of drug-likeness (QED) is 0.477. The molecule has 3 fully saturated rings. The van der Waals surface area contributed by atoms with Gasteiger partial charge in [0, 0.05) is 0 Å². The van der Waals surface area contributed by atoms with Gasteiger partial charge in [-0.25, -0.2) is 0 Å². The van der Waals surface area contributed by atoms with Crippen LogP contribution in [0.2, 0.25) is 0 Å². The highest BCUT2D eigenvalue weighted by atomic mass is 14.3. The van der Waals surface area contributed by atoms with Gasteiger partial charge < -0.3 is 0 Å². The normalized spacial score (nSPS) is 37.6. The third-order valence-corrected chi connectivity index (χ3v) is 7.07. The molecule has 0 aromatic rings. The molecule has 0 heterocycles. The molecule has 3 saturated carbocycles. The van der Waals surface area contributed by atoms with Crippen molar-refractivity contribution in [2.75, 3.05) is 0 Å². The van der Waals surface area contributed by atoms with E-state index >= 15 is 0 Å². The van der Waals surface area contributed by atoms with E-state index in [9.17, 15) is 0 Å². The lowest BCUT2D eigenvalue weighted by molar-refractivity contribution is 0.179. The number of hydrogen-bond donors (Lipinski definition) is 0. The van der Waals surface area contributed by atoms with Gasteiger partial charge in [0.25, 0.3) is 0 Å². The molecule has 0 bridgehead atoms. The Morgan fingerprint density at radius 2 is 0.913 bits per heavy atom. The zero-order valence-electron chi connectivity index (χ0n) is 15.4. The van der Waals surface area contributed by atoms with E-state index in [2.05, 4.69) is 31.2 Å². The molecular weight excluding hydrogens is 276 g/mol. The van der Waals surface area contributed by atoms with E-state index in [-0.39, 0.29) is 0 Å². The smallest absolute Gasteiger partial charge is 0.0233 e. The topological polar surface area (TPSA) is 0 Å². The predicted octanol–water partition coefficient (Wildman–Crippen LogP) is 7.31. The second kappa shape index (κ2) is 9.09. The zero-order chi connectivity index (χ0) is 15.9. The molecule has 130 valence electrons. The second-order valence-electron chi connectivity index (χ2n) is 8.66. The molecule has 0 unspecified atom stereocenters. The molecule has 3 aliphatic rings. The molecule has 0 radical (unpaired) electrons. The highest BCUT2D eigenvalue weighted by molar-refractivity contribution is 4.98. The standard InChI is InChI=1S/C23H38/c1-2-6-19-9-11-20(12-10-19)13-14-21-15-17-23(18-16-21)22-7-4-3-5-8-22/h2,6,13-14,19-23H,3-5,7-12,15-18H2,1H3/b6-2+,14-13+. The van der Waals surface area contributed by atoms with Gasteiger partial charge in [-0.3, -0.25) is 0 Å². The van der Waals surface area contributed by atoms with Crippen LogP contribution in [-0.4, -0.2) is 0 Å². The van der Waals surface area contributed by atoms with Crippen molar-refractivity contribution in [2.24, 2.45) is 29.6 Å². The van der Waals surface area contributed by atoms with Gasteiger partial charge in [-0.1, -0.05) is 56.4 Å². The van der Waals surface area contributed by atoms with E-state index in [1.165, 1.54) is 70.6 Å². The Balaban J connectivity index is 1.37. The predicted molar refractivity (Wildman–Crippen MR) is 101 cm³/mol. The first-order chi connectivity index (χ1) is 11.3. The van der Waals surface area contributed by atoms with Gasteiger partial charge in [0.1, 0.15) is 0 Å². The Labute approximate surface area is 144 Å². The van der Waals surface area contributed by atoms with Gasteiger partial charge in [0.2, 0.25) is 0 Å². The van der Waals surface area contributed by atoms with E-state index in [1.807, 2.05) is 0 Å². The summed E-state index contributed by atoms with van der Waals surface area (Å²) in [6.07, 6.45) is 29.2. The number of hydrogen-bond acceptors (Lipinski definition) is 0. The first kappa shape index (κ1) is 17.3. The van der Waals surface area contributed by atoms with Crippen LogP contribution >= 0.6 is 0 Å². The average molecular weight is 315 g/mol. The Morgan fingerprint density at radius 3 is 1.43 bits per heavy atom. The molecule has 0 saturated heterocycles.